The van der Waals surface area contributed by atoms with Crippen molar-refractivity contribution in [2.24, 2.45) is 0 Å². The molecule has 2 heterocycles. The summed E-state index contributed by atoms with van der Waals surface area (Å²) in [5.41, 5.74) is 8.05. The summed E-state index contributed by atoms with van der Waals surface area (Å²) in [5.74, 6) is 1.83. The molecule has 0 aliphatic heterocycles. The van der Waals surface area contributed by atoms with Gasteiger partial charge in [-0.25, -0.2) is 0 Å². The first-order valence-corrected chi connectivity index (χ1v) is 9.59. The number of aromatic nitrogens is 6. The Morgan fingerprint density at radius 1 is 1.23 bits per heavy atom. The van der Waals surface area contributed by atoms with Gasteiger partial charge in [-0.1, -0.05) is 36.9 Å². The predicted octanol–water partition coefficient (Wildman–Crippen LogP) is 2.98. The van der Waals surface area contributed by atoms with Crippen LogP contribution in [0.4, 0.5) is 17.6 Å². The first-order chi connectivity index (χ1) is 12.7. The van der Waals surface area contributed by atoms with E-state index < -0.39 is 0 Å². The van der Waals surface area contributed by atoms with Gasteiger partial charge in [0, 0.05) is 11.7 Å². The van der Waals surface area contributed by atoms with Crippen LogP contribution < -0.4 is 11.1 Å². The monoisotopic (exact) mass is 368 g/mol. The van der Waals surface area contributed by atoms with Gasteiger partial charge in [-0.3, -0.25) is 0 Å². The number of rotatable bonds is 7. The Kier molecular flexibility index (Phi) is 4.70. The van der Waals surface area contributed by atoms with E-state index in [1.807, 2.05) is 18.2 Å². The molecule has 0 spiro atoms. The number of para-hydroxylation sites is 1. The fourth-order valence-electron chi connectivity index (χ4n) is 2.70. The van der Waals surface area contributed by atoms with Crippen LogP contribution in [0.25, 0.3) is 0 Å². The fourth-order valence-corrected chi connectivity index (χ4v) is 3.53. The van der Waals surface area contributed by atoms with Crippen molar-refractivity contribution in [3.8, 4) is 0 Å². The molecule has 9 heteroatoms. The number of thioether (sulfide) groups is 1. The summed E-state index contributed by atoms with van der Waals surface area (Å²) in [5, 5.41) is 12.3. The molecule has 134 valence electrons. The minimum Gasteiger partial charge on any atom is -0.368 e. The second kappa shape index (κ2) is 7.28. The molecule has 1 aromatic carbocycles. The molecule has 0 saturated heterocycles. The zero-order valence-corrected chi connectivity index (χ0v) is 15.3. The van der Waals surface area contributed by atoms with Gasteiger partial charge in [0.1, 0.15) is 12.2 Å². The first kappa shape index (κ1) is 16.8. The number of nitrogens with zero attached hydrogens (tertiary/aromatic N) is 6. The SMILES string of the molecule is CCc1ccccc1Nc1nc(N)nc(CSc2nncn2C2CC2)n1. The third-order valence-electron chi connectivity index (χ3n) is 4.15. The van der Waals surface area contributed by atoms with Crippen LogP contribution in [0, 0.1) is 0 Å². The van der Waals surface area contributed by atoms with Gasteiger partial charge in [0.2, 0.25) is 11.9 Å². The third-order valence-corrected chi connectivity index (χ3v) is 5.11. The van der Waals surface area contributed by atoms with Crippen molar-refractivity contribution in [1.82, 2.24) is 29.7 Å². The molecule has 0 atom stereocenters. The van der Waals surface area contributed by atoms with Crippen molar-refractivity contribution < 1.29 is 0 Å². The van der Waals surface area contributed by atoms with Crippen molar-refractivity contribution >= 4 is 29.3 Å². The quantitative estimate of drug-likeness (QED) is 0.613. The first-order valence-electron chi connectivity index (χ1n) is 8.60. The highest BCUT2D eigenvalue weighted by Gasteiger charge is 2.26. The molecule has 0 amide bonds. The van der Waals surface area contributed by atoms with Crippen molar-refractivity contribution in [1.29, 1.82) is 0 Å². The number of nitrogens with one attached hydrogen (secondary N) is 1. The lowest BCUT2D eigenvalue weighted by molar-refractivity contribution is 0.662. The van der Waals surface area contributed by atoms with Crippen LogP contribution >= 0.6 is 11.8 Å². The lowest BCUT2D eigenvalue weighted by atomic mass is 10.1. The largest absolute Gasteiger partial charge is 0.368 e. The maximum absolute atomic E-state index is 5.88. The smallest absolute Gasteiger partial charge is 0.232 e. The highest BCUT2D eigenvalue weighted by molar-refractivity contribution is 7.98. The minimum absolute atomic E-state index is 0.204. The number of aryl methyl sites for hydroxylation is 1. The van der Waals surface area contributed by atoms with Crippen molar-refractivity contribution in [2.45, 2.75) is 43.1 Å². The topological polar surface area (TPSA) is 107 Å². The molecule has 1 saturated carbocycles. The van der Waals surface area contributed by atoms with E-state index in [4.69, 9.17) is 5.73 Å². The molecular formula is C17H20N8S. The van der Waals surface area contributed by atoms with E-state index in [1.54, 1.807) is 18.1 Å². The Morgan fingerprint density at radius 2 is 2.08 bits per heavy atom. The fraction of sp³-hybridized carbons (Fsp3) is 0.353. The molecule has 0 unspecified atom stereocenters. The summed E-state index contributed by atoms with van der Waals surface area (Å²) < 4.78 is 2.12. The van der Waals surface area contributed by atoms with Crippen molar-refractivity contribution in [2.75, 3.05) is 11.1 Å². The van der Waals surface area contributed by atoms with Gasteiger partial charge in [-0.15, -0.1) is 10.2 Å². The molecule has 1 aliphatic carbocycles. The predicted molar refractivity (Wildman–Crippen MR) is 101 cm³/mol. The summed E-state index contributed by atoms with van der Waals surface area (Å²) in [6.45, 7) is 2.11. The highest BCUT2D eigenvalue weighted by Crippen LogP contribution is 2.37. The van der Waals surface area contributed by atoms with Gasteiger partial charge in [0.05, 0.1) is 5.75 Å². The van der Waals surface area contributed by atoms with E-state index in [1.165, 1.54) is 18.4 Å². The summed E-state index contributed by atoms with van der Waals surface area (Å²) >= 11 is 1.56. The summed E-state index contributed by atoms with van der Waals surface area (Å²) in [6, 6.07) is 8.62. The molecule has 8 nitrogen and oxygen atoms in total. The van der Waals surface area contributed by atoms with E-state index >= 15 is 0 Å². The van der Waals surface area contributed by atoms with Gasteiger partial charge in [0.25, 0.3) is 0 Å². The van der Waals surface area contributed by atoms with Gasteiger partial charge in [-0.2, -0.15) is 15.0 Å². The Bertz CT molecular complexity index is 905. The van der Waals surface area contributed by atoms with E-state index in [2.05, 4.69) is 48.0 Å². The summed E-state index contributed by atoms with van der Waals surface area (Å²) in [7, 11) is 0. The van der Waals surface area contributed by atoms with Crippen LogP contribution in [0.5, 0.6) is 0 Å². The zero-order chi connectivity index (χ0) is 17.9. The standard InChI is InChI=1S/C17H20N8S/c1-2-11-5-3-4-6-13(11)20-16-22-14(21-15(18)23-16)9-26-17-24-19-10-25(17)12-7-8-12/h3-6,10,12H,2,7-9H2,1H3,(H3,18,20,21,22,23). The van der Waals surface area contributed by atoms with Crippen LogP contribution in [0.1, 0.15) is 37.2 Å². The average Bonchev–Trinajstić information content (AvgIpc) is 3.38. The number of benzene rings is 1. The normalized spacial score (nSPS) is 13.7. The number of hydrogen-bond acceptors (Lipinski definition) is 8. The Labute approximate surface area is 155 Å². The van der Waals surface area contributed by atoms with Gasteiger partial charge < -0.3 is 15.6 Å². The number of nitrogens with two attached hydrogens (primary N) is 1. The van der Waals surface area contributed by atoms with Crippen LogP contribution in [-0.2, 0) is 12.2 Å². The number of hydrogen-bond donors (Lipinski definition) is 2. The molecule has 1 aliphatic rings. The lowest BCUT2D eigenvalue weighted by Gasteiger charge is -2.10. The molecule has 26 heavy (non-hydrogen) atoms. The van der Waals surface area contributed by atoms with Gasteiger partial charge >= 0.3 is 0 Å². The Morgan fingerprint density at radius 3 is 2.88 bits per heavy atom. The maximum Gasteiger partial charge on any atom is 0.232 e. The van der Waals surface area contributed by atoms with Crippen LogP contribution in [0.2, 0.25) is 0 Å². The third kappa shape index (κ3) is 3.77. The van der Waals surface area contributed by atoms with Gasteiger partial charge in [0.15, 0.2) is 5.16 Å². The second-order valence-electron chi connectivity index (χ2n) is 6.11. The maximum atomic E-state index is 5.88. The van der Waals surface area contributed by atoms with Gasteiger partial charge in [-0.05, 0) is 30.9 Å². The molecule has 1 fully saturated rings. The van der Waals surface area contributed by atoms with E-state index in [9.17, 15) is 0 Å². The minimum atomic E-state index is 0.204. The Balaban J connectivity index is 1.50. The van der Waals surface area contributed by atoms with Crippen molar-refractivity contribution in [3.05, 3.63) is 42.0 Å². The number of anilines is 3. The summed E-state index contributed by atoms with van der Waals surface area (Å²) in [6.07, 6.45) is 5.09. The number of nitrogen functional groups attached to an aromatic ring is 1. The Hall–Kier alpha value is -2.68. The lowest BCUT2D eigenvalue weighted by Crippen LogP contribution is -2.07. The zero-order valence-electron chi connectivity index (χ0n) is 14.5. The molecule has 3 aromatic rings. The van der Waals surface area contributed by atoms with E-state index in [0.29, 0.717) is 23.6 Å². The molecule has 2 aromatic heterocycles. The van der Waals surface area contributed by atoms with E-state index in [0.717, 1.165) is 17.3 Å². The molecule has 0 bridgehead atoms. The van der Waals surface area contributed by atoms with Crippen LogP contribution in [-0.4, -0.2) is 29.7 Å². The molecule has 4 rings (SSSR count). The van der Waals surface area contributed by atoms with Crippen LogP contribution in [0.15, 0.2) is 35.7 Å². The second-order valence-corrected chi connectivity index (χ2v) is 7.05. The summed E-state index contributed by atoms with van der Waals surface area (Å²) in [4.78, 5) is 13.0. The molecule has 0 radical (unpaired) electrons. The van der Waals surface area contributed by atoms with Crippen molar-refractivity contribution in [3.63, 3.8) is 0 Å². The molecular weight excluding hydrogens is 348 g/mol. The average molecular weight is 368 g/mol. The highest BCUT2D eigenvalue weighted by atomic mass is 32.2. The van der Waals surface area contributed by atoms with Crippen LogP contribution in [0.3, 0.4) is 0 Å². The van der Waals surface area contributed by atoms with E-state index in [-0.39, 0.29) is 5.95 Å². The molecule has 3 N–H and O–H groups in total.